The summed E-state index contributed by atoms with van der Waals surface area (Å²) in [5, 5.41) is 8.81. The largest absolute Gasteiger partial charge is 0.192 e. The minimum Gasteiger partial charge on any atom is -0.192 e. The maximum Gasteiger partial charge on any atom is 0.0991 e. The van der Waals surface area contributed by atoms with Crippen molar-refractivity contribution in [2.45, 2.75) is 26.7 Å². The van der Waals surface area contributed by atoms with Crippen LogP contribution in [0.3, 0.4) is 0 Å². The molecule has 0 aliphatic rings. The van der Waals surface area contributed by atoms with Crippen LogP contribution in [0.25, 0.3) is 5.57 Å². The van der Waals surface area contributed by atoms with E-state index in [0.29, 0.717) is 11.5 Å². The minimum absolute atomic E-state index is 0.685. The highest BCUT2D eigenvalue weighted by molar-refractivity contribution is 5.75. The quantitative estimate of drug-likeness (QED) is 0.644. The summed E-state index contributed by atoms with van der Waals surface area (Å²) in [7, 11) is 0. The fraction of sp³-hybridized carbons (Fsp3) is 0.278. The van der Waals surface area contributed by atoms with Gasteiger partial charge in [0.15, 0.2) is 0 Å². The van der Waals surface area contributed by atoms with Crippen LogP contribution in [0.2, 0.25) is 0 Å². The van der Waals surface area contributed by atoms with Gasteiger partial charge in [0.1, 0.15) is 0 Å². The van der Waals surface area contributed by atoms with Gasteiger partial charge in [0.2, 0.25) is 0 Å². The minimum atomic E-state index is 0.685. The second-order valence-electron chi connectivity index (χ2n) is 4.70. The number of benzene rings is 1. The molecule has 0 aliphatic heterocycles. The van der Waals surface area contributed by atoms with Gasteiger partial charge in [-0.15, -0.1) is 0 Å². The van der Waals surface area contributed by atoms with Gasteiger partial charge < -0.3 is 0 Å². The molecule has 1 heteroatoms. The molecule has 1 atom stereocenters. The smallest absolute Gasteiger partial charge is 0.0991 e. The van der Waals surface area contributed by atoms with Crippen LogP contribution in [0, 0.1) is 17.2 Å². The van der Waals surface area contributed by atoms with Crippen molar-refractivity contribution >= 4 is 5.57 Å². The maximum atomic E-state index is 8.81. The number of hydrogen-bond acceptors (Lipinski definition) is 1. The van der Waals surface area contributed by atoms with Crippen LogP contribution in [0.4, 0.5) is 0 Å². The topological polar surface area (TPSA) is 23.8 Å². The summed E-state index contributed by atoms with van der Waals surface area (Å²) < 4.78 is 0. The van der Waals surface area contributed by atoms with Crippen LogP contribution in [-0.2, 0) is 0 Å². The van der Waals surface area contributed by atoms with Gasteiger partial charge in [0.25, 0.3) is 0 Å². The number of nitrogens with zero attached hydrogens (tertiary/aromatic N) is 1. The van der Waals surface area contributed by atoms with Gasteiger partial charge in [-0.3, -0.25) is 0 Å². The number of allylic oxidation sites excluding steroid dienone is 5. The van der Waals surface area contributed by atoms with Crippen LogP contribution in [0.5, 0.6) is 0 Å². The molecule has 19 heavy (non-hydrogen) atoms. The van der Waals surface area contributed by atoms with Gasteiger partial charge in [-0.25, -0.2) is 0 Å². The fourth-order valence-electron chi connectivity index (χ4n) is 1.71. The molecule has 0 saturated heterocycles. The summed E-state index contributed by atoms with van der Waals surface area (Å²) in [6, 6.07) is 9.76. The summed E-state index contributed by atoms with van der Waals surface area (Å²) in [6.07, 6.45) is 10.4. The Morgan fingerprint density at radius 2 is 2.05 bits per heavy atom. The highest BCUT2D eigenvalue weighted by atomic mass is 14.2. The zero-order valence-corrected chi connectivity index (χ0v) is 11.8. The lowest BCUT2D eigenvalue weighted by molar-refractivity contribution is 0.572. The Bertz CT molecular complexity index is 497. The van der Waals surface area contributed by atoms with Crippen molar-refractivity contribution in [3.05, 3.63) is 66.3 Å². The number of hydrogen-bond donors (Lipinski definition) is 0. The first-order valence-electron chi connectivity index (χ1n) is 6.71. The predicted molar refractivity (Wildman–Crippen MR) is 82.5 cm³/mol. The van der Waals surface area contributed by atoms with E-state index >= 15 is 0 Å². The van der Waals surface area contributed by atoms with E-state index in [-0.39, 0.29) is 0 Å². The summed E-state index contributed by atoms with van der Waals surface area (Å²) in [5.74, 6) is 0.710. The Balaban J connectivity index is 2.86. The SMILES string of the molecule is C=C/C=C(\C=C/CC(C)CC)c1ccc(C#N)cc1. The summed E-state index contributed by atoms with van der Waals surface area (Å²) >= 11 is 0. The summed E-state index contributed by atoms with van der Waals surface area (Å²) in [4.78, 5) is 0. The van der Waals surface area contributed by atoms with E-state index in [4.69, 9.17) is 5.26 Å². The molecular formula is C18H21N. The molecule has 0 saturated carbocycles. The van der Waals surface area contributed by atoms with E-state index in [0.717, 1.165) is 17.6 Å². The lowest BCUT2D eigenvalue weighted by atomic mass is 10.0. The Hall–Kier alpha value is -2.07. The molecule has 1 aromatic rings. The third kappa shape index (κ3) is 4.97. The van der Waals surface area contributed by atoms with Gasteiger partial charge in [-0.1, -0.05) is 63.3 Å². The molecule has 1 rings (SSSR count). The Kier molecular flexibility index (Phi) is 6.39. The van der Waals surface area contributed by atoms with Crippen molar-refractivity contribution in [2.75, 3.05) is 0 Å². The molecule has 0 heterocycles. The second kappa shape index (κ2) is 8.11. The first-order chi connectivity index (χ1) is 9.21. The van der Waals surface area contributed by atoms with Crippen LogP contribution < -0.4 is 0 Å². The third-order valence-corrected chi connectivity index (χ3v) is 3.18. The highest BCUT2D eigenvalue weighted by Crippen LogP contribution is 2.18. The van der Waals surface area contributed by atoms with Crippen LogP contribution in [0.1, 0.15) is 37.8 Å². The van der Waals surface area contributed by atoms with Gasteiger partial charge in [0.05, 0.1) is 11.6 Å². The molecule has 0 amide bonds. The first kappa shape index (κ1) is 15.0. The fourth-order valence-corrected chi connectivity index (χ4v) is 1.71. The van der Waals surface area contributed by atoms with Gasteiger partial charge in [-0.05, 0) is 35.6 Å². The number of nitriles is 1. The average Bonchev–Trinajstić information content (AvgIpc) is 2.46. The van der Waals surface area contributed by atoms with Crippen LogP contribution in [-0.4, -0.2) is 0 Å². The molecule has 0 N–H and O–H groups in total. The molecule has 0 fully saturated rings. The third-order valence-electron chi connectivity index (χ3n) is 3.18. The lowest BCUT2D eigenvalue weighted by Crippen LogP contribution is -1.88. The van der Waals surface area contributed by atoms with Crippen molar-refractivity contribution in [3.63, 3.8) is 0 Å². The van der Waals surface area contributed by atoms with E-state index < -0.39 is 0 Å². The molecule has 0 aliphatic carbocycles. The van der Waals surface area contributed by atoms with Gasteiger partial charge >= 0.3 is 0 Å². The normalized spacial score (nSPS) is 13.2. The van der Waals surface area contributed by atoms with Crippen molar-refractivity contribution < 1.29 is 0 Å². The van der Waals surface area contributed by atoms with E-state index in [2.05, 4.69) is 38.6 Å². The number of rotatable bonds is 6. The first-order valence-corrected chi connectivity index (χ1v) is 6.71. The predicted octanol–water partition coefficient (Wildman–Crippen LogP) is 5.12. The maximum absolute atomic E-state index is 8.81. The van der Waals surface area contributed by atoms with E-state index in [1.807, 2.05) is 30.3 Å². The van der Waals surface area contributed by atoms with E-state index in [1.54, 1.807) is 6.08 Å². The zero-order chi connectivity index (χ0) is 14.1. The Morgan fingerprint density at radius 3 is 2.58 bits per heavy atom. The van der Waals surface area contributed by atoms with Gasteiger partial charge in [0, 0.05) is 0 Å². The van der Waals surface area contributed by atoms with E-state index in [9.17, 15) is 0 Å². The highest BCUT2D eigenvalue weighted by Gasteiger charge is 1.99. The molecule has 0 radical (unpaired) electrons. The zero-order valence-electron chi connectivity index (χ0n) is 11.8. The molecule has 1 unspecified atom stereocenters. The second-order valence-corrected chi connectivity index (χ2v) is 4.70. The average molecular weight is 251 g/mol. The van der Waals surface area contributed by atoms with E-state index in [1.165, 1.54) is 6.42 Å². The molecule has 1 nitrogen and oxygen atoms in total. The van der Waals surface area contributed by atoms with Crippen molar-refractivity contribution in [1.29, 1.82) is 5.26 Å². The van der Waals surface area contributed by atoms with Crippen molar-refractivity contribution in [1.82, 2.24) is 0 Å². The van der Waals surface area contributed by atoms with Crippen molar-refractivity contribution in [2.24, 2.45) is 5.92 Å². The van der Waals surface area contributed by atoms with Crippen molar-refractivity contribution in [3.8, 4) is 6.07 Å². The van der Waals surface area contributed by atoms with Gasteiger partial charge in [-0.2, -0.15) is 5.26 Å². The molecule has 0 spiro atoms. The molecule has 0 bridgehead atoms. The standard InChI is InChI=1S/C18H21N/c1-4-7-17(9-6-8-15(3)5-2)18-12-10-16(14-19)11-13-18/h4,6-7,9-13,15H,1,5,8H2,2-3H3/b9-6-,17-7+. The van der Waals surface area contributed by atoms with Crippen LogP contribution in [0.15, 0.2) is 55.1 Å². The summed E-state index contributed by atoms with van der Waals surface area (Å²) in [5.41, 5.74) is 2.92. The molecule has 1 aromatic carbocycles. The molecule has 0 aromatic heterocycles. The van der Waals surface area contributed by atoms with Crippen LogP contribution >= 0.6 is 0 Å². The Morgan fingerprint density at radius 1 is 1.37 bits per heavy atom. The summed E-state index contributed by atoms with van der Waals surface area (Å²) in [6.45, 7) is 8.22. The Labute approximate surface area is 116 Å². The molecule has 98 valence electrons. The monoisotopic (exact) mass is 251 g/mol. The molecular weight excluding hydrogens is 230 g/mol. The lowest BCUT2D eigenvalue weighted by Gasteiger charge is -2.05.